The highest BCUT2D eigenvalue weighted by atomic mass is 28.4. The standard InChI is InChI=1S/C27H35F3N6O6Si/c1-10-17(42-43(8,9)26(5,6)7)14-35-20-19(22(34-35)40-18-13-16(11-12-31-18)27(28,29)30)21(33-15-32-20)36(23(37)38)24(39)41-25(2,3)4/h10-13,15,17H,1,14H2,2-9H3,(H,37,38)/p-1. The minimum absolute atomic E-state index is 0.000101. The third-order valence-electron chi connectivity index (χ3n) is 6.58. The molecule has 12 nitrogen and oxygen atoms in total. The van der Waals surface area contributed by atoms with Gasteiger partial charge in [-0.15, -0.1) is 11.7 Å². The number of carbonyl (C=O) groups excluding carboxylic acids is 2. The van der Waals surface area contributed by atoms with Crippen molar-refractivity contribution in [3.05, 3.63) is 42.9 Å². The predicted molar refractivity (Wildman–Crippen MR) is 151 cm³/mol. The van der Waals surface area contributed by atoms with Crippen LogP contribution in [0.15, 0.2) is 37.3 Å². The van der Waals surface area contributed by atoms with Gasteiger partial charge in [0.25, 0.3) is 5.88 Å². The lowest BCUT2D eigenvalue weighted by Crippen LogP contribution is -2.48. The Kier molecular flexibility index (Phi) is 9.27. The van der Waals surface area contributed by atoms with E-state index in [9.17, 15) is 27.9 Å². The van der Waals surface area contributed by atoms with E-state index in [2.05, 4.69) is 47.4 Å². The molecule has 3 heterocycles. The van der Waals surface area contributed by atoms with Crippen LogP contribution in [-0.4, -0.2) is 56.9 Å². The van der Waals surface area contributed by atoms with E-state index in [4.69, 9.17) is 13.9 Å². The number of hydrogen-bond acceptors (Lipinski definition) is 10. The zero-order valence-corrected chi connectivity index (χ0v) is 26.1. The number of halogens is 3. The Balaban J connectivity index is 2.22. The summed E-state index contributed by atoms with van der Waals surface area (Å²) in [5.74, 6) is -1.48. The lowest BCUT2D eigenvalue weighted by atomic mass is 10.2. The first kappa shape index (κ1) is 33.4. The van der Waals surface area contributed by atoms with Gasteiger partial charge in [-0.05, 0) is 45.0 Å². The fourth-order valence-corrected chi connectivity index (χ4v) is 4.79. The van der Waals surface area contributed by atoms with E-state index in [-0.39, 0.29) is 27.5 Å². The fraction of sp³-hybridized carbons (Fsp3) is 0.481. The Bertz CT molecular complexity index is 1510. The summed E-state index contributed by atoms with van der Waals surface area (Å²) in [5, 5.41) is 16.2. The second-order valence-electron chi connectivity index (χ2n) is 12.1. The molecule has 234 valence electrons. The molecule has 0 saturated heterocycles. The molecule has 16 heteroatoms. The summed E-state index contributed by atoms with van der Waals surface area (Å²) in [6.07, 6.45) is -5.19. The van der Waals surface area contributed by atoms with Crippen LogP contribution in [0.2, 0.25) is 18.1 Å². The number of rotatable bonds is 8. The number of imide groups is 1. The summed E-state index contributed by atoms with van der Waals surface area (Å²) in [6.45, 7) is 18.7. The summed E-state index contributed by atoms with van der Waals surface area (Å²) in [5.41, 5.74) is -2.16. The van der Waals surface area contributed by atoms with Gasteiger partial charge in [-0.25, -0.2) is 29.3 Å². The van der Waals surface area contributed by atoms with Crippen LogP contribution >= 0.6 is 0 Å². The Hall–Kier alpha value is -4.05. The van der Waals surface area contributed by atoms with Crippen molar-refractivity contribution in [2.24, 2.45) is 0 Å². The minimum atomic E-state index is -4.70. The Morgan fingerprint density at radius 2 is 1.79 bits per heavy atom. The van der Waals surface area contributed by atoms with Crippen LogP contribution < -0.4 is 14.7 Å². The maximum absolute atomic E-state index is 13.4. The predicted octanol–water partition coefficient (Wildman–Crippen LogP) is 5.69. The molecular weight excluding hydrogens is 589 g/mol. The summed E-state index contributed by atoms with van der Waals surface area (Å²) in [4.78, 5) is 37.3. The number of hydrogen-bond donors (Lipinski definition) is 0. The van der Waals surface area contributed by atoms with Crippen molar-refractivity contribution < 1.29 is 41.8 Å². The third-order valence-corrected chi connectivity index (χ3v) is 11.1. The lowest BCUT2D eigenvalue weighted by molar-refractivity contribution is -0.245. The Labute approximate surface area is 247 Å². The van der Waals surface area contributed by atoms with E-state index in [0.717, 1.165) is 18.6 Å². The van der Waals surface area contributed by atoms with Crippen molar-refractivity contribution in [3.8, 4) is 11.8 Å². The van der Waals surface area contributed by atoms with Crippen molar-refractivity contribution in [2.45, 2.75) is 84.1 Å². The summed E-state index contributed by atoms with van der Waals surface area (Å²) < 4.78 is 58.7. The zero-order chi connectivity index (χ0) is 32.5. The van der Waals surface area contributed by atoms with Crippen LogP contribution in [0.5, 0.6) is 11.8 Å². The number of ether oxygens (including phenoxy) is 2. The first-order valence-electron chi connectivity index (χ1n) is 13.1. The third kappa shape index (κ3) is 7.87. The van der Waals surface area contributed by atoms with Crippen LogP contribution in [0.4, 0.5) is 28.6 Å². The van der Waals surface area contributed by atoms with Gasteiger partial charge in [0.05, 0.1) is 18.2 Å². The van der Waals surface area contributed by atoms with Gasteiger partial charge in [-0.1, -0.05) is 26.8 Å². The number of alkyl halides is 3. The number of amides is 2. The molecule has 0 aromatic carbocycles. The number of carbonyl (C=O) groups is 2. The molecule has 0 saturated carbocycles. The quantitative estimate of drug-likeness (QED) is 0.226. The summed E-state index contributed by atoms with van der Waals surface area (Å²) in [7, 11) is -2.32. The van der Waals surface area contributed by atoms with E-state index in [1.54, 1.807) is 6.08 Å². The van der Waals surface area contributed by atoms with Gasteiger partial charge in [-0.3, -0.25) is 0 Å². The smallest absolute Gasteiger partial charge is 0.421 e. The van der Waals surface area contributed by atoms with Gasteiger partial charge >= 0.3 is 12.3 Å². The van der Waals surface area contributed by atoms with Gasteiger partial charge in [0.2, 0.25) is 5.88 Å². The molecule has 3 aromatic rings. The van der Waals surface area contributed by atoms with Crippen molar-refractivity contribution in [1.29, 1.82) is 0 Å². The van der Waals surface area contributed by atoms with Gasteiger partial charge in [0.1, 0.15) is 17.3 Å². The van der Waals surface area contributed by atoms with Crippen LogP contribution in [0, 0.1) is 0 Å². The number of pyridine rings is 1. The fourth-order valence-electron chi connectivity index (χ4n) is 3.51. The maximum Gasteiger partial charge on any atom is 0.421 e. The zero-order valence-electron chi connectivity index (χ0n) is 25.1. The van der Waals surface area contributed by atoms with E-state index in [1.165, 1.54) is 25.5 Å². The molecular formula is C27H34F3N6O6Si-. The van der Waals surface area contributed by atoms with Gasteiger partial charge in [0, 0.05) is 12.3 Å². The van der Waals surface area contributed by atoms with Crippen LogP contribution in [-0.2, 0) is 21.9 Å². The van der Waals surface area contributed by atoms with E-state index < -0.39 is 61.5 Å². The topological polar surface area (TPSA) is 145 Å². The molecule has 0 N–H and O–H groups in total. The molecule has 1 unspecified atom stereocenters. The number of nitrogens with zero attached hydrogens (tertiary/aromatic N) is 6. The first-order chi connectivity index (χ1) is 19.6. The molecule has 0 bridgehead atoms. The highest BCUT2D eigenvalue weighted by Crippen LogP contribution is 2.39. The molecule has 43 heavy (non-hydrogen) atoms. The Morgan fingerprint density at radius 3 is 2.33 bits per heavy atom. The number of carboxylic acid groups (broad SMARTS) is 1. The molecule has 1 atom stereocenters. The summed E-state index contributed by atoms with van der Waals surface area (Å²) in [6, 6.07) is 1.40. The lowest BCUT2D eigenvalue weighted by Gasteiger charge is -2.38. The molecule has 0 radical (unpaired) electrons. The van der Waals surface area contributed by atoms with Gasteiger partial charge in [0.15, 0.2) is 25.9 Å². The highest BCUT2D eigenvalue weighted by Gasteiger charge is 2.39. The number of anilines is 1. The molecule has 3 aromatic heterocycles. The SMILES string of the molecule is C=CC(Cn1nc(Oc2cc(C(F)(F)F)ccn2)c2c(N(C(=O)[O-])C(=O)OC(C)(C)C)ncnc21)O[Si](C)(C)C(C)(C)C. The molecule has 0 aliphatic carbocycles. The van der Waals surface area contributed by atoms with E-state index >= 15 is 0 Å². The second kappa shape index (κ2) is 11.9. The average molecular weight is 624 g/mol. The summed E-state index contributed by atoms with van der Waals surface area (Å²) >= 11 is 0. The minimum Gasteiger partial charge on any atom is -0.529 e. The molecule has 0 spiro atoms. The average Bonchev–Trinajstić information content (AvgIpc) is 3.18. The van der Waals surface area contributed by atoms with Crippen molar-refractivity contribution in [2.75, 3.05) is 4.90 Å². The van der Waals surface area contributed by atoms with E-state index in [1.807, 2.05) is 13.1 Å². The molecule has 0 fully saturated rings. The van der Waals surface area contributed by atoms with Gasteiger partial charge < -0.3 is 23.8 Å². The largest absolute Gasteiger partial charge is 0.529 e. The molecule has 2 amide bonds. The van der Waals surface area contributed by atoms with Crippen molar-refractivity contribution in [3.63, 3.8) is 0 Å². The van der Waals surface area contributed by atoms with E-state index in [0.29, 0.717) is 6.07 Å². The maximum atomic E-state index is 13.4. The van der Waals surface area contributed by atoms with Crippen LogP contribution in [0.3, 0.4) is 0 Å². The molecule has 0 aliphatic rings. The normalized spacial score (nSPS) is 13.5. The first-order valence-corrected chi connectivity index (χ1v) is 16.0. The number of aromatic nitrogens is 5. The van der Waals surface area contributed by atoms with Crippen molar-refractivity contribution in [1.82, 2.24) is 24.7 Å². The molecule has 0 aliphatic heterocycles. The Morgan fingerprint density at radius 1 is 1.14 bits per heavy atom. The second-order valence-corrected chi connectivity index (χ2v) is 16.9. The number of fused-ring (bicyclic) bond motifs is 1. The van der Waals surface area contributed by atoms with Crippen molar-refractivity contribution >= 4 is 37.4 Å². The molecule has 3 rings (SSSR count). The highest BCUT2D eigenvalue weighted by molar-refractivity contribution is 6.74. The van der Waals surface area contributed by atoms with Crippen LogP contribution in [0.1, 0.15) is 47.1 Å². The van der Waals surface area contributed by atoms with Crippen LogP contribution in [0.25, 0.3) is 11.0 Å². The van der Waals surface area contributed by atoms with Gasteiger partial charge in [-0.2, -0.15) is 13.2 Å². The monoisotopic (exact) mass is 623 g/mol.